The van der Waals surface area contributed by atoms with Gasteiger partial charge in [0.25, 0.3) is 11.4 Å². The molecule has 0 radical (unpaired) electrons. The summed E-state index contributed by atoms with van der Waals surface area (Å²) in [6.45, 7) is 5.32. The molecule has 6 nitrogen and oxygen atoms in total. The van der Waals surface area contributed by atoms with Crippen LogP contribution in [0.4, 0.5) is 11.4 Å². The first-order chi connectivity index (χ1) is 7.29. The molecule has 0 aliphatic carbocycles. The van der Waals surface area contributed by atoms with Crippen molar-refractivity contribution in [2.24, 2.45) is 5.11 Å². The van der Waals surface area contributed by atoms with Gasteiger partial charge in [-0.05, 0) is 32.0 Å². The van der Waals surface area contributed by atoms with Gasteiger partial charge in [-0.25, -0.2) is 0 Å². The molecule has 1 aromatic carbocycles. The Morgan fingerprint density at radius 3 is 2.25 bits per heavy atom. The van der Waals surface area contributed by atoms with Gasteiger partial charge >= 0.3 is 0 Å². The normalized spacial score (nSPS) is 12.6. The first-order valence-electron chi connectivity index (χ1n) is 4.74. The van der Waals surface area contributed by atoms with E-state index in [4.69, 9.17) is 0 Å². The molecule has 0 saturated carbocycles. The molecular weight excluding hydrogens is 210 g/mol. The van der Waals surface area contributed by atoms with Crippen LogP contribution in [0.2, 0.25) is 0 Å². The van der Waals surface area contributed by atoms with Crippen LogP contribution in [0.15, 0.2) is 29.4 Å². The zero-order valence-corrected chi connectivity index (χ0v) is 9.38. The molecule has 1 rings (SSSR count). The first kappa shape index (κ1) is 12.1. The van der Waals surface area contributed by atoms with Crippen molar-refractivity contribution in [3.05, 3.63) is 39.6 Å². The van der Waals surface area contributed by atoms with E-state index in [1.807, 2.05) is 0 Å². The molecule has 0 aliphatic rings. The zero-order valence-electron chi connectivity index (χ0n) is 9.38. The number of nitrogens with zero attached hydrogens (tertiary/aromatic N) is 3. The van der Waals surface area contributed by atoms with Crippen molar-refractivity contribution in [1.82, 2.24) is 0 Å². The quantitative estimate of drug-likeness (QED) is 0.334. The third kappa shape index (κ3) is 3.30. The van der Waals surface area contributed by atoms with Gasteiger partial charge in [0.15, 0.2) is 0 Å². The van der Waals surface area contributed by atoms with Crippen molar-refractivity contribution in [2.45, 2.75) is 26.3 Å². The number of rotatable bonds is 2. The van der Waals surface area contributed by atoms with E-state index in [9.17, 15) is 15.3 Å². The molecule has 0 N–H and O–H groups in total. The summed E-state index contributed by atoms with van der Waals surface area (Å²) in [7, 11) is 0. The summed E-state index contributed by atoms with van der Waals surface area (Å²) in [4.78, 5) is 10.4. The first-order valence-corrected chi connectivity index (χ1v) is 4.74. The minimum Gasteiger partial charge on any atom is -0.594 e. The minimum absolute atomic E-state index is 0.123. The Balaban J connectivity index is 3.10. The third-order valence-electron chi connectivity index (χ3n) is 1.65. The van der Waals surface area contributed by atoms with Crippen molar-refractivity contribution < 1.29 is 9.78 Å². The highest BCUT2D eigenvalue weighted by Crippen LogP contribution is 2.21. The predicted octanol–water partition coefficient (Wildman–Crippen LogP) is 2.99. The molecule has 6 heteroatoms. The van der Waals surface area contributed by atoms with Crippen LogP contribution in [0, 0.1) is 15.3 Å². The van der Waals surface area contributed by atoms with Gasteiger partial charge in [-0.3, -0.25) is 10.1 Å². The standard InChI is InChI=1S/C10H13N3O3/c1-10(2,3)11-12(14)8-5-4-6-9(7-8)13(15)16/h4-7H,1-3H3. The summed E-state index contributed by atoms with van der Waals surface area (Å²) in [5.74, 6) is 0. The second kappa shape index (κ2) is 4.26. The highest BCUT2D eigenvalue weighted by molar-refractivity contribution is 5.42. The van der Waals surface area contributed by atoms with Crippen molar-refractivity contribution in [3.63, 3.8) is 0 Å². The molecule has 0 unspecified atom stereocenters. The molecule has 1 aromatic rings. The van der Waals surface area contributed by atoms with Crippen LogP contribution in [0.5, 0.6) is 0 Å². The highest BCUT2D eigenvalue weighted by atomic mass is 16.6. The van der Waals surface area contributed by atoms with E-state index in [0.29, 0.717) is 4.86 Å². The van der Waals surface area contributed by atoms with Crippen LogP contribution in [-0.2, 0) is 0 Å². The molecule has 86 valence electrons. The highest BCUT2D eigenvalue weighted by Gasteiger charge is 2.16. The summed E-state index contributed by atoms with van der Waals surface area (Å²) < 4.78 is 0. The Morgan fingerprint density at radius 2 is 1.75 bits per heavy atom. The van der Waals surface area contributed by atoms with Gasteiger partial charge in [0.2, 0.25) is 0 Å². The lowest BCUT2D eigenvalue weighted by atomic mass is 10.1. The number of benzene rings is 1. The summed E-state index contributed by atoms with van der Waals surface area (Å²) in [6, 6.07) is 5.46. The Bertz CT molecular complexity index is 435. The maximum Gasteiger partial charge on any atom is 0.276 e. The average Bonchev–Trinajstić information content (AvgIpc) is 2.15. The van der Waals surface area contributed by atoms with E-state index in [2.05, 4.69) is 5.11 Å². The van der Waals surface area contributed by atoms with E-state index in [1.165, 1.54) is 24.3 Å². The topological polar surface area (TPSA) is 81.6 Å². The van der Waals surface area contributed by atoms with Gasteiger partial charge in [0, 0.05) is 12.1 Å². The largest absolute Gasteiger partial charge is 0.594 e. The lowest BCUT2D eigenvalue weighted by molar-refractivity contribution is -0.450. The minimum atomic E-state index is -0.547. The van der Waals surface area contributed by atoms with Gasteiger partial charge < -0.3 is 5.21 Å². The fraction of sp³-hybridized carbons (Fsp3) is 0.400. The lowest BCUT2D eigenvalue weighted by Gasteiger charge is -2.09. The van der Waals surface area contributed by atoms with Crippen LogP contribution in [-0.4, -0.2) is 15.3 Å². The van der Waals surface area contributed by atoms with Crippen LogP contribution in [0.3, 0.4) is 0 Å². The molecule has 0 saturated heterocycles. The second-order valence-corrected chi connectivity index (χ2v) is 4.32. The van der Waals surface area contributed by atoms with E-state index in [1.54, 1.807) is 20.8 Å². The lowest BCUT2D eigenvalue weighted by Crippen LogP contribution is -2.12. The number of hydrogen-bond donors (Lipinski definition) is 0. The number of nitro groups is 1. The monoisotopic (exact) mass is 223 g/mol. The summed E-state index contributed by atoms with van der Waals surface area (Å²) in [5, 5.41) is 25.9. The fourth-order valence-corrected chi connectivity index (χ4v) is 1.06. The number of hydrogen-bond acceptors (Lipinski definition) is 4. The molecular formula is C10H13N3O3. The number of nitro benzene ring substituents is 1. The fourth-order valence-electron chi connectivity index (χ4n) is 1.06. The van der Waals surface area contributed by atoms with Gasteiger partial charge in [-0.1, -0.05) is 4.86 Å². The molecule has 0 bridgehead atoms. The van der Waals surface area contributed by atoms with Gasteiger partial charge in [-0.2, -0.15) is 0 Å². The molecule has 0 aliphatic heterocycles. The van der Waals surface area contributed by atoms with Gasteiger partial charge in [0.1, 0.15) is 5.54 Å². The molecule has 0 heterocycles. The van der Waals surface area contributed by atoms with Crippen LogP contribution in [0.1, 0.15) is 20.8 Å². The third-order valence-corrected chi connectivity index (χ3v) is 1.65. The maximum absolute atomic E-state index is 11.6. The molecule has 0 amide bonds. The van der Waals surface area contributed by atoms with Gasteiger partial charge in [0.05, 0.1) is 11.0 Å². The average molecular weight is 223 g/mol. The second-order valence-electron chi connectivity index (χ2n) is 4.32. The number of non-ortho nitro benzene ring substituents is 1. The molecule has 16 heavy (non-hydrogen) atoms. The maximum atomic E-state index is 11.6. The molecule has 0 aromatic heterocycles. The Kier molecular flexibility index (Phi) is 3.22. The van der Waals surface area contributed by atoms with Crippen LogP contribution >= 0.6 is 0 Å². The van der Waals surface area contributed by atoms with Crippen molar-refractivity contribution in [2.75, 3.05) is 0 Å². The smallest absolute Gasteiger partial charge is 0.276 e. The molecule has 0 fully saturated rings. The number of azo groups is 1. The van der Waals surface area contributed by atoms with E-state index < -0.39 is 10.5 Å². The van der Waals surface area contributed by atoms with Crippen LogP contribution in [0.25, 0.3) is 0 Å². The summed E-state index contributed by atoms with van der Waals surface area (Å²) in [5.41, 5.74) is -0.488. The van der Waals surface area contributed by atoms with Crippen LogP contribution < -0.4 is 0 Å². The SMILES string of the molecule is CC(C)(C)N=[N+]([O-])c1cccc([N+](=O)[O-])c1. The molecule has 0 atom stereocenters. The van der Waals surface area contributed by atoms with E-state index in [-0.39, 0.29) is 11.4 Å². The molecule has 0 spiro atoms. The van der Waals surface area contributed by atoms with Crippen molar-refractivity contribution in [3.8, 4) is 0 Å². The van der Waals surface area contributed by atoms with Gasteiger partial charge in [-0.15, -0.1) is 0 Å². The Labute approximate surface area is 92.9 Å². The van der Waals surface area contributed by atoms with Crippen molar-refractivity contribution >= 4 is 11.4 Å². The Morgan fingerprint density at radius 1 is 1.19 bits per heavy atom. The summed E-state index contributed by atoms with van der Waals surface area (Å²) in [6.07, 6.45) is 0. The predicted molar refractivity (Wildman–Crippen MR) is 58.6 cm³/mol. The zero-order chi connectivity index (χ0) is 12.3. The Hall–Kier alpha value is -1.98. The summed E-state index contributed by atoms with van der Waals surface area (Å²) >= 11 is 0. The van der Waals surface area contributed by atoms with Crippen molar-refractivity contribution in [1.29, 1.82) is 0 Å². The van der Waals surface area contributed by atoms with E-state index in [0.717, 1.165) is 0 Å². The van der Waals surface area contributed by atoms with E-state index >= 15 is 0 Å².